The molecule has 0 radical (unpaired) electrons. The van der Waals surface area contributed by atoms with E-state index in [9.17, 15) is 0 Å². The first-order valence-corrected chi connectivity index (χ1v) is 3.77. The Hall–Kier alpha value is -0.780. The van der Waals surface area contributed by atoms with Crippen LogP contribution in [0, 0.1) is 0 Å². The molecule has 0 saturated heterocycles. The van der Waals surface area contributed by atoms with Crippen molar-refractivity contribution < 1.29 is 0 Å². The summed E-state index contributed by atoms with van der Waals surface area (Å²) in [6.07, 6.45) is 9.28. The Morgan fingerprint density at radius 1 is 1.40 bits per heavy atom. The van der Waals surface area contributed by atoms with Crippen LogP contribution in [0.2, 0.25) is 0 Å². The monoisotopic (exact) mass is 136 g/mol. The molecule has 0 N–H and O–H groups in total. The van der Waals surface area contributed by atoms with Crippen LogP contribution in [0.4, 0.5) is 0 Å². The van der Waals surface area contributed by atoms with Crippen LogP contribution in [-0.2, 0) is 0 Å². The van der Waals surface area contributed by atoms with Gasteiger partial charge in [0.25, 0.3) is 0 Å². The van der Waals surface area contributed by atoms with Crippen LogP contribution in [0.25, 0.3) is 0 Å². The maximum atomic E-state index is 3.73. The lowest BCUT2D eigenvalue weighted by Gasteiger charge is -1.95. The highest BCUT2D eigenvalue weighted by molar-refractivity contribution is 5.16. The summed E-state index contributed by atoms with van der Waals surface area (Å²) >= 11 is 0. The first-order valence-electron chi connectivity index (χ1n) is 3.77. The van der Waals surface area contributed by atoms with Gasteiger partial charge in [0.15, 0.2) is 0 Å². The summed E-state index contributed by atoms with van der Waals surface area (Å²) in [5, 5.41) is 0. The summed E-state index contributed by atoms with van der Waals surface area (Å²) in [7, 11) is 0. The van der Waals surface area contributed by atoms with E-state index < -0.39 is 0 Å². The second-order valence-corrected chi connectivity index (χ2v) is 2.26. The fourth-order valence-electron chi connectivity index (χ4n) is 0.811. The summed E-state index contributed by atoms with van der Waals surface area (Å²) in [6.45, 7) is 9.55. The lowest BCUT2D eigenvalue weighted by molar-refractivity contribution is 0.922. The lowest BCUT2D eigenvalue weighted by atomic mass is 10.1. The summed E-state index contributed by atoms with van der Waals surface area (Å²) in [4.78, 5) is 0. The van der Waals surface area contributed by atoms with E-state index in [-0.39, 0.29) is 0 Å². The standard InChI is InChI=1S/C10H16/c1-4-7-9-10(6-3)8-5-2/h4,6,9H,1,3,5,7-8H2,2H3. The van der Waals surface area contributed by atoms with Crippen LogP contribution in [0.5, 0.6) is 0 Å². The summed E-state index contributed by atoms with van der Waals surface area (Å²) < 4.78 is 0. The van der Waals surface area contributed by atoms with Gasteiger partial charge in [0.1, 0.15) is 0 Å². The molecule has 0 amide bonds. The van der Waals surface area contributed by atoms with Crippen molar-refractivity contribution >= 4 is 0 Å². The highest BCUT2D eigenvalue weighted by Crippen LogP contribution is 2.06. The zero-order valence-corrected chi connectivity index (χ0v) is 6.77. The minimum absolute atomic E-state index is 0.960. The Morgan fingerprint density at radius 3 is 2.50 bits per heavy atom. The molecule has 0 aliphatic rings. The highest BCUT2D eigenvalue weighted by atomic mass is 13.9. The Bertz CT molecular complexity index is 129. The molecular weight excluding hydrogens is 120 g/mol. The van der Waals surface area contributed by atoms with Crippen molar-refractivity contribution in [2.24, 2.45) is 0 Å². The summed E-state index contributed by atoms with van der Waals surface area (Å²) in [5.74, 6) is 0. The van der Waals surface area contributed by atoms with E-state index in [1.165, 1.54) is 12.0 Å². The molecule has 0 saturated carbocycles. The molecule has 0 aromatic carbocycles. The normalized spacial score (nSPS) is 11.1. The van der Waals surface area contributed by atoms with Gasteiger partial charge in [0.05, 0.1) is 0 Å². The summed E-state index contributed by atoms with van der Waals surface area (Å²) in [5.41, 5.74) is 1.34. The van der Waals surface area contributed by atoms with E-state index in [0.29, 0.717) is 0 Å². The van der Waals surface area contributed by atoms with Gasteiger partial charge >= 0.3 is 0 Å². The number of rotatable bonds is 5. The van der Waals surface area contributed by atoms with Crippen molar-refractivity contribution in [3.05, 3.63) is 37.0 Å². The van der Waals surface area contributed by atoms with Crippen LogP contribution < -0.4 is 0 Å². The fourth-order valence-corrected chi connectivity index (χ4v) is 0.811. The lowest BCUT2D eigenvalue weighted by Crippen LogP contribution is -1.75. The van der Waals surface area contributed by atoms with Crippen molar-refractivity contribution in [1.29, 1.82) is 0 Å². The number of hydrogen-bond acceptors (Lipinski definition) is 0. The van der Waals surface area contributed by atoms with Crippen LogP contribution in [0.1, 0.15) is 26.2 Å². The van der Waals surface area contributed by atoms with Gasteiger partial charge in [0.2, 0.25) is 0 Å². The zero-order valence-electron chi connectivity index (χ0n) is 6.77. The maximum absolute atomic E-state index is 3.73. The molecule has 0 aliphatic heterocycles. The third kappa shape index (κ3) is 4.13. The van der Waals surface area contributed by atoms with Crippen molar-refractivity contribution in [3.63, 3.8) is 0 Å². The quantitative estimate of drug-likeness (QED) is 0.401. The average Bonchev–Trinajstić information content (AvgIpc) is 1.98. The summed E-state index contributed by atoms with van der Waals surface area (Å²) in [6, 6.07) is 0. The minimum Gasteiger partial charge on any atom is -0.103 e. The molecule has 0 fully saturated rings. The van der Waals surface area contributed by atoms with Gasteiger partial charge in [-0.2, -0.15) is 0 Å². The van der Waals surface area contributed by atoms with Gasteiger partial charge in [-0.3, -0.25) is 0 Å². The third-order valence-corrected chi connectivity index (χ3v) is 1.35. The molecule has 0 atom stereocenters. The van der Waals surface area contributed by atoms with Crippen molar-refractivity contribution in [2.45, 2.75) is 26.2 Å². The molecule has 0 bridgehead atoms. The first kappa shape index (κ1) is 9.22. The number of hydrogen-bond donors (Lipinski definition) is 0. The second-order valence-electron chi connectivity index (χ2n) is 2.26. The molecule has 0 rings (SSSR count). The van der Waals surface area contributed by atoms with E-state index in [4.69, 9.17) is 0 Å². The molecule has 0 aromatic rings. The van der Waals surface area contributed by atoms with Crippen LogP contribution in [0.15, 0.2) is 37.0 Å². The molecule has 10 heavy (non-hydrogen) atoms. The third-order valence-electron chi connectivity index (χ3n) is 1.35. The SMILES string of the molecule is C=CCC=C(C=C)CCC. The van der Waals surface area contributed by atoms with E-state index in [1.54, 1.807) is 0 Å². The van der Waals surface area contributed by atoms with E-state index >= 15 is 0 Å². The molecule has 0 unspecified atom stereocenters. The zero-order chi connectivity index (χ0) is 7.82. The largest absolute Gasteiger partial charge is 0.103 e. The fraction of sp³-hybridized carbons (Fsp3) is 0.400. The van der Waals surface area contributed by atoms with Crippen molar-refractivity contribution in [1.82, 2.24) is 0 Å². The first-order chi connectivity index (χ1) is 4.85. The van der Waals surface area contributed by atoms with Gasteiger partial charge < -0.3 is 0 Å². The molecule has 0 aliphatic carbocycles. The Morgan fingerprint density at radius 2 is 2.10 bits per heavy atom. The molecule has 0 heteroatoms. The predicted molar refractivity (Wildman–Crippen MR) is 48.0 cm³/mol. The van der Waals surface area contributed by atoms with Crippen LogP contribution >= 0.6 is 0 Å². The van der Waals surface area contributed by atoms with E-state index in [1.807, 2.05) is 12.2 Å². The molecule has 0 spiro atoms. The van der Waals surface area contributed by atoms with Crippen molar-refractivity contribution in [3.8, 4) is 0 Å². The van der Waals surface area contributed by atoms with Gasteiger partial charge in [-0.15, -0.1) is 6.58 Å². The molecule has 0 nitrogen and oxygen atoms in total. The van der Waals surface area contributed by atoms with Gasteiger partial charge in [-0.1, -0.05) is 43.7 Å². The topological polar surface area (TPSA) is 0 Å². The smallest absolute Gasteiger partial charge is 0.0166 e. The molecule has 0 heterocycles. The average molecular weight is 136 g/mol. The Kier molecular flexibility index (Phi) is 5.85. The van der Waals surface area contributed by atoms with E-state index in [0.717, 1.165) is 12.8 Å². The molecular formula is C10H16. The van der Waals surface area contributed by atoms with Crippen LogP contribution in [-0.4, -0.2) is 0 Å². The number of allylic oxidation sites excluding steroid dienone is 4. The highest BCUT2D eigenvalue weighted by Gasteiger charge is 1.86. The Labute approximate surface area is 64.0 Å². The minimum atomic E-state index is 0.960. The molecule has 56 valence electrons. The second kappa shape index (κ2) is 6.34. The predicted octanol–water partition coefficient (Wildman–Crippen LogP) is 3.48. The molecule has 0 aromatic heterocycles. The van der Waals surface area contributed by atoms with Gasteiger partial charge in [-0.25, -0.2) is 0 Å². The maximum Gasteiger partial charge on any atom is -0.0166 e. The van der Waals surface area contributed by atoms with Crippen LogP contribution in [0.3, 0.4) is 0 Å². The van der Waals surface area contributed by atoms with Gasteiger partial charge in [-0.05, 0) is 12.8 Å². The van der Waals surface area contributed by atoms with Crippen molar-refractivity contribution in [2.75, 3.05) is 0 Å². The van der Waals surface area contributed by atoms with Gasteiger partial charge in [0, 0.05) is 0 Å². The van der Waals surface area contributed by atoms with E-state index in [2.05, 4.69) is 26.2 Å². The Balaban J connectivity index is 3.77.